The van der Waals surface area contributed by atoms with Crippen LogP contribution in [-0.2, 0) is 4.74 Å². The minimum absolute atomic E-state index is 0.297. The molecule has 0 atom stereocenters. The molecule has 1 saturated heterocycles. The number of hydrogen-bond donors (Lipinski definition) is 3. The molecule has 2 aliphatic heterocycles. The first-order valence-electron chi connectivity index (χ1n) is 10.3. The Hall–Kier alpha value is -2.53. The molecule has 3 rings (SSSR count). The lowest BCUT2D eigenvalue weighted by Gasteiger charge is -2.28. The number of ether oxygens (including phenoxy) is 1. The van der Waals surface area contributed by atoms with E-state index in [1.165, 1.54) is 11.1 Å². The first kappa shape index (κ1) is 20.2. The minimum Gasteiger partial charge on any atom is -0.488 e. The lowest BCUT2D eigenvalue weighted by molar-refractivity contribution is 0.0905. The van der Waals surface area contributed by atoms with Gasteiger partial charge in [0.25, 0.3) is 0 Å². The Morgan fingerprint density at radius 1 is 1.29 bits per heavy atom. The molecule has 0 aromatic rings. The van der Waals surface area contributed by atoms with Gasteiger partial charge in [0.2, 0.25) is 0 Å². The van der Waals surface area contributed by atoms with Crippen LogP contribution < -0.4 is 16.0 Å². The van der Waals surface area contributed by atoms with Crippen LogP contribution in [0.15, 0.2) is 76.5 Å². The summed E-state index contributed by atoms with van der Waals surface area (Å²) in [6.45, 7) is 7.72. The Bertz CT molecular complexity index is 747. The number of hydrogen-bond acceptors (Lipinski definition) is 5. The Morgan fingerprint density at radius 2 is 2.14 bits per heavy atom. The molecule has 0 unspecified atom stereocenters. The van der Waals surface area contributed by atoms with Crippen LogP contribution >= 0.6 is 0 Å². The van der Waals surface area contributed by atoms with Crippen LogP contribution in [0, 0.1) is 0 Å². The zero-order chi connectivity index (χ0) is 19.6. The zero-order valence-electron chi connectivity index (χ0n) is 17.0. The van der Waals surface area contributed by atoms with Gasteiger partial charge in [0.05, 0.1) is 11.4 Å². The highest BCUT2D eigenvalue weighted by molar-refractivity contribution is 6.12. The molecule has 0 aromatic heterocycles. The molecule has 28 heavy (non-hydrogen) atoms. The molecule has 0 saturated carbocycles. The van der Waals surface area contributed by atoms with Gasteiger partial charge in [0.15, 0.2) is 0 Å². The maximum atomic E-state index is 6.28. The van der Waals surface area contributed by atoms with E-state index in [0.29, 0.717) is 6.10 Å². The Morgan fingerprint density at radius 3 is 2.93 bits per heavy atom. The summed E-state index contributed by atoms with van der Waals surface area (Å²) < 4.78 is 6.28. The molecule has 1 fully saturated rings. The van der Waals surface area contributed by atoms with Gasteiger partial charge in [-0.05, 0) is 62.6 Å². The van der Waals surface area contributed by atoms with Gasteiger partial charge in [-0.15, -0.1) is 0 Å². The quantitative estimate of drug-likeness (QED) is 0.633. The second-order valence-electron chi connectivity index (χ2n) is 7.07. The molecular weight excluding hydrogens is 348 g/mol. The molecule has 0 bridgehead atoms. The molecule has 3 aliphatic rings. The van der Waals surface area contributed by atoms with Gasteiger partial charge < -0.3 is 20.7 Å². The van der Waals surface area contributed by atoms with E-state index >= 15 is 0 Å². The lowest BCUT2D eigenvalue weighted by atomic mass is 9.99. The Balaban J connectivity index is 1.63. The smallest absolute Gasteiger partial charge is 0.142 e. The molecule has 150 valence electrons. The normalized spacial score (nSPS) is 23.4. The largest absolute Gasteiger partial charge is 0.488 e. The maximum Gasteiger partial charge on any atom is 0.142 e. The summed E-state index contributed by atoms with van der Waals surface area (Å²) in [6, 6.07) is 0. The van der Waals surface area contributed by atoms with Crippen molar-refractivity contribution in [3.05, 3.63) is 71.5 Å². The van der Waals surface area contributed by atoms with Gasteiger partial charge in [-0.2, -0.15) is 0 Å². The second kappa shape index (κ2) is 10.7. The van der Waals surface area contributed by atoms with Crippen LogP contribution in [0.5, 0.6) is 0 Å². The van der Waals surface area contributed by atoms with E-state index in [0.717, 1.165) is 62.6 Å². The predicted octanol–water partition coefficient (Wildman–Crippen LogP) is 3.48. The van der Waals surface area contributed by atoms with E-state index in [2.05, 4.69) is 58.2 Å². The predicted molar refractivity (Wildman–Crippen MR) is 117 cm³/mol. The Kier molecular flexibility index (Phi) is 7.73. The van der Waals surface area contributed by atoms with Gasteiger partial charge >= 0.3 is 0 Å². The van der Waals surface area contributed by atoms with Crippen molar-refractivity contribution in [2.45, 2.75) is 39.2 Å². The summed E-state index contributed by atoms with van der Waals surface area (Å²) in [5, 5.41) is 10.2. The summed E-state index contributed by atoms with van der Waals surface area (Å²) in [7, 11) is 0. The zero-order valence-corrected chi connectivity index (χ0v) is 17.0. The molecule has 3 N–H and O–H groups in total. The van der Waals surface area contributed by atoms with Crippen LogP contribution in [0.3, 0.4) is 0 Å². The standard InChI is InChI=1S/C23H32N4O/c1-3-5-19-7-6-18(15-21(19)26-11-4-2)16-27-22-17-25-14-10-23(22)28-20-8-12-24-13-9-20/h4-7,10-11,15,17,20,24-25,27H,3,8-9,12-14,16H2,1-2H3/b11-4-,19-5+,26-21+. The Labute approximate surface area is 168 Å². The molecule has 5 heteroatoms. The van der Waals surface area contributed by atoms with Crippen molar-refractivity contribution in [3.8, 4) is 0 Å². The summed E-state index contributed by atoms with van der Waals surface area (Å²) in [5.41, 5.74) is 4.40. The third-order valence-corrected chi connectivity index (χ3v) is 4.86. The van der Waals surface area contributed by atoms with Crippen LogP contribution in [0.4, 0.5) is 0 Å². The number of piperidine rings is 1. The van der Waals surface area contributed by atoms with E-state index in [-0.39, 0.29) is 0 Å². The van der Waals surface area contributed by atoms with Crippen molar-refractivity contribution in [2.75, 3.05) is 26.2 Å². The molecule has 0 amide bonds. The second-order valence-corrected chi connectivity index (χ2v) is 7.07. The lowest BCUT2D eigenvalue weighted by Crippen LogP contribution is -2.34. The minimum atomic E-state index is 0.297. The van der Waals surface area contributed by atoms with Crippen molar-refractivity contribution in [1.82, 2.24) is 16.0 Å². The summed E-state index contributed by atoms with van der Waals surface area (Å²) in [5.74, 6) is 0.959. The van der Waals surface area contributed by atoms with E-state index in [4.69, 9.17) is 4.74 Å². The number of nitrogens with one attached hydrogen (secondary N) is 3. The fourth-order valence-electron chi connectivity index (χ4n) is 3.39. The van der Waals surface area contributed by atoms with Crippen LogP contribution in [0.25, 0.3) is 0 Å². The highest BCUT2D eigenvalue weighted by atomic mass is 16.5. The number of aliphatic imine (C=N–C) groups is 1. The third kappa shape index (κ3) is 5.73. The summed E-state index contributed by atoms with van der Waals surface area (Å²) in [4.78, 5) is 4.58. The number of allylic oxidation sites excluding steroid dienone is 5. The number of rotatable bonds is 7. The van der Waals surface area contributed by atoms with Crippen molar-refractivity contribution < 1.29 is 4.74 Å². The monoisotopic (exact) mass is 380 g/mol. The first-order valence-corrected chi connectivity index (χ1v) is 10.3. The van der Waals surface area contributed by atoms with Crippen molar-refractivity contribution in [2.24, 2.45) is 4.99 Å². The maximum absolute atomic E-state index is 6.28. The van der Waals surface area contributed by atoms with E-state index in [1.807, 2.05) is 25.4 Å². The fraction of sp³-hybridized carbons (Fsp3) is 0.435. The molecule has 0 aromatic carbocycles. The highest BCUT2D eigenvalue weighted by Gasteiger charge is 2.19. The van der Waals surface area contributed by atoms with Gasteiger partial charge in [0, 0.05) is 25.5 Å². The summed E-state index contributed by atoms with van der Waals surface area (Å²) >= 11 is 0. The van der Waals surface area contributed by atoms with Crippen molar-refractivity contribution in [3.63, 3.8) is 0 Å². The fourth-order valence-corrected chi connectivity index (χ4v) is 3.39. The molecular formula is C23H32N4O. The topological polar surface area (TPSA) is 57.7 Å². The number of dihydropyridines is 1. The average molecular weight is 381 g/mol. The molecule has 1 aliphatic carbocycles. The SMILES string of the molecule is C\C=C/N=C1\C=C(CNC2=CNCC=C2OC2CCNCC2)C=C\C1=C/CC. The van der Waals surface area contributed by atoms with Gasteiger partial charge in [0.1, 0.15) is 11.9 Å². The highest BCUT2D eigenvalue weighted by Crippen LogP contribution is 2.20. The van der Waals surface area contributed by atoms with Crippen molar-refractivity contribution >= 4 is 5.71 Å². The van der Waals surface area contributed by atoms with Crippen LogP contribution in [0.1, 0.15) is 33.1 Å². The molecule has 2 heterocycles. The van der Waals surface area contributed by atoms with Crippen LogP contribution in [0.2, 0.25) is 0 Å². The molecule has 0 radical (unpaired) electrons. The molecule has 0 spiro atoms. The van der Waals surface area contributed by atoms with E-state index in [9.17, 15) is 0 Å². The number of nitrogens with zero attached hydrogens (tertiary/aromatic N) is 1. The van der Waals surface area contributed by atoms with Gasteiger partial charge in [-0.3, -0.25) is 4.99 Å². The van der Waals surface area contributed by atoms with Crippen molar-refractivity contribution in [1.29, 1.82) is 0 Å². The van der Waals surface area contributed by atoms with E-state index in [1.54, 1.807) is 0 Å². The first-order chi connectivity index (χ1) is 13.8. The van der Waals surface area contributed by atoms with E-state index < -0.39 is 0 Å². The van der Waals surface area contributed by atoms with Gasteiger partial charge in [-0.1, -0.05) is 31.2 Å². The molecule has 5 nitrogen and oxygen atoms in total. The van der Waals surface area contributed by atoms with Gasteiger partial charge in [-0.25, -0.2) is 0 Å². The average Bonchev–Trinajstić information content (AvgIpc) is 2.74. The summed E-state index contributed by atoms with van der Waals surface area (Å²) in [6.07, 6.45) is 20.0. The third-order valence-electron chi connectivity index (χ3n) is 4.86. The van der Waals surface area contributed by atoms with Crippen LogP contribution in [-0.4, -0.2) is 38.0 Å².